The SMILES string of the molecule is O=C(COc1ccc(Cl)cc1C=Nn1c(-c2cc3cc(Br)ccc3o2)nc2ccccc2c1=O)Nc1cccc(F)c1. The Bertz CT molecular complexity index is 2070. The Balaban J connectivity index is 1.35. The molecule has 1 amide bonds. The summed E-state index contributed by atoms with van der Waals surface area (Å²) in [6.07, 6.45) is 1.40. The molecule has 0 saturated heterocycles. The van der Waals surface area contributed by atoms with Crippen molar-refractivity contribution in [1.29, 1.82) is 0 Å². The molecule has 0 unspecified atom stereocenters. The fraction of sp³-hybridized carbons (Fsp3) is 0.0323. The van der Waals surface area contributed by atoms with Crippen LogP contribution in [0.3, 0.4) is 0 Å². The van der Waals surface area contributed by atoms with E-state index < -0.39 is 17.3 Å². The molecule has 8 nitrogen and oxygen atoms in total. The van der Waals surface area contributed by atoms with Crippen molar-refractivity contribution in [2.45, 2.75) is 0 Å². The Labute approximate surface area is 251 Å². The number of fused-ring (bicyclic) bond motifs is 2. The standard InChI is InChI=1S/C31H19BrClFN4O4/c32-20-8-10-27-18(12-20)14-28(42-27)30-37-25-7-2-1-6-24(25)31(40)38(30)35-16-19-13-21(33)9-11-26(19)41-17-29(39)36-23-5-3-4-22(34)15-23/h1-16H,17H2,(H,36,39). The minimum Gasteiger partial charge on any atom is -0.483 e. The topological polar surface area (TPSA) is 98.7 Å². The minimum atomic E-state index is -0.493. The van der Waals surface area contributed by atoms with Crippen LogP contribution in [0.1, 0.15) is 5.56 Å². The second-order valence-corrected chi connectivity index (χ2v) is 10.5. The maximum atomic E-state index is 13.6. The van der Waals surface area contributed by atoms with Crippen LogP contribution in [0.5, 0.6) is 5.75 Å². The first kappa shape index (κ1) is 27.4. The van der Waals surface area contributed by atoms with Crippen molar-refractivity contribution in [3.63, 3.8) is 0 Å². The van der Waals surface area contributed by atoms with Crippen molar-refractivity contribution in [2.24, 2.45) is 5.10 Å². The molecule has 0 fully saturated rings. The van der Waals surface area contributed by atoms with Crippen LogP contribution in [0.25, 0.3) is 33.5 Å². The first-order valence-electron chi connectivity index (χ1n) is 12.6. The molecule has 0 bridgehead atoms. The van der Waals surface area contributed by atoms with Gasteiger partial charge in [0, 0.05) is 26.1 Å². The largest absolute Gasteiger partial charge is 0.483 e. The van der Waals surface area contributed by atoms with Crippen molar-refractivity contribution in [3.05, 3.63) is 122 Å². The van der Waals surface area contributed by atoms with Gasteiger partial charge < -0.3 is 14.5 Å². The molecule has 0 aliphatic rings. The van der Waals surface area contributed by atoms with Crippen LogP contribution < -0.4 is 15.6 Å². The quantitative estimate of drug-likeness (QED) is 0.184. The van der Waals surface area contributed by atoms with E-state index in [2.05, 4.69) is 31.3 Å². The molecule has 0 aliphatic heterocycles. The van der Waals surface area contributed by atoms with Crippen molar-refractivity contribution in [3.8, 4) is 17.3 Å². The number of halogens is 3. The summed E-state index contributed by atoms with van der Waals surface area (Å²) < 4.78 is 27.3. The minimum absolute atomic E-state index is 0.196. The van der Waals surface area contributed by atoms with E-state index in [9.17, 15) is 14.0 Å². The van der Waals surface area contributed by atoms with Gasteiger partial charge in [0.1, 0.15) is 17.1 Å². The van der Waals surface area contributed by atoms with E-state index in [4.69, 9.17) is 20.8 Å². The molecule has 0 spiro atoms. The van der Waals surface area contributed by atoms with Crippen molar-refractivity contribution in [2.75, 3.05) is 11.9 Å². The zero-order valence-electron chi connectivity index (χ0n) is 21.6. The summed E-state index contributed by atoms with van der Waals surface area (Å²) in [6, 6.07) is 24.6. The highest BCUT2D eigenvalue weighted by atomic mass is 79.9. The zero-order chi connectivity index (χ0) is 29.2. The number of carbonyl (C=O) groups excluding carboxylic acids is 1. The number of ether oxygens (including phenoxy) is 1. The van der Waals surface area contributed by atoms with Crippen LogP contribution in [0.4, 0.5) is 10.1 Å². The molecular formula is C31H19BrClFN4O4. The molecule has 2 heterocycles. The fourth-order valence-electron chi connectivity index (χ4n) is 4.29. The summed E-state index contributed by atoms with van der Waals surface area (Å²) in [5.41, 5.74) is 1.40. The van der Waals surface area contributed by atoms with E-state index in [1.54, 1.807) is 54.6 Å². The number of nitrogens with one attached hydrogen (secondary N) is 1. The molecule has 42 heavy (non-hydrogen) atoms. The van der Waals surface area contributed by atoms with Gasteiger partial charge >= 0.3 is 0 Å². The summed E-state index contributed by atoms with van der Waals surface area (Å²) >= 11 is 9.71. The Morgan fingerprint density at radius 2 is 1.93 bits per heavy atom. The van der Waals surface area contributed by atoms with Gasteiger partial charge in [0.05, 0.1) is 17.1 Å². The van der Waals surface area contributed by atoms with Gasteiger partial charge in [-0.2, -0.15) is 9.78 Å². The van der Waals surface area contributed by atoms with Gasteiger partial charge in [0.25, 0.3) is 11.5 Å². The number of para-hydroxylation sites is 1. The van der Waals surface area contributed by atoms with Crippen LogP contribution in [-0.4, -0.2) is 28.4 Å². The summed E-state index contributed by atoms with van der Waals surface area (Å²) in [7, 11) is 0. The maximum Gasteiger partial charge on any atom is 0.282 e. The van der Waals surface area contributed by atoms with E-state index in [1.165, 1.54) is 24.4 Å². The second-order valence-electron chi connectivity index (χ2n) is 9.14. The number of benzene rings is 4. The van der Waals surface area contributed by atoms with E-state index in [-0.39, 0.29) is 18.2 Å². The second kappa shape index (κ2) is 11.6. The zero-order valence-corrected chi connectivity index (χ0v) is 23.9. The maximum absolute atomic E-state index is 13.6. The molecule has 2 aromatic heterocycles. The summed E-state index contributed by atoms with van der Waals surface area (Å²) in [4.78, 5) is 30.7. The number of hydrogen-bond acceptors (Lipinski definition) is 6. The van der Waals surface area contributed by atoms with E-state index in [1.807, 2.05) is 18.2 Å². The Hall–Kier alpha value is -4.80. The molecule has 0 saturated carbocycles. The molecule has 0 radical (unpaired) electrons. The number of rotatable bonds is 7. The average Bonchev–Trinajstić information content (AvgIpc) is 3.39. The van der Waals surface area contributed by atoms with Crippen LogP contribution in [-0.2, 0) is 4.79 Å². The van der Waals surface area contributed by atoms with Crippen LogP contribution in [0, 0.1) is 5.82 Å². The van der Waals surface area contributed by atoms with Crippen LogP contribution in [0.15, 0.2) is 110 Å². The van der Waals surface area contributed by atoms with E-state index >= 15 is 0 Å². The molecule has 1 N–H and O–H groups in total. The van der Waals surface area contributed by atoms with Crippen LogP contribution >= 0.6 is 27.5 Å². The highest BCUT2D eigenvalue weighted by molar-refractivity contribution is 9.10. The lowest BCUT2D eigenvalue weighted by atomic mass is 10.2. The van der Waals surface area contributed by atoms with Crippen molar-refractivity contribution < 1.29 is 18.3 Å². The van der Waals surface area contributed by atoms with E-state index in [0.717, 1.165) is 14.5 Å². The van der Waals surface area contributed by atoms with Gasteiger partial charge in [0.2, 0.25) is 5.82 Å². The first-order valence-corrected chi connectivity index (χ1v) is 13.7. The third-order valence-electron chi connectivity index (χ3n) is 6.20. The van der Waals surface area contributed by atoms with Gasteiger partial charge in [0.15, 0.2) is 12.4 Å². The monoisotopic (exact) mass is 644 g/mol. The fourth-order valence-corrected chi connectivity index (χ4v) is 4.85. The number of furan rings is 1. The molecule has 208 valence electrons. The molecular weight excluding hydrogens is 627 g/mol. The van der Waals surface area contributed by atoms with E-state index in [0.29, 0.717) is 38.5 Å². The number of amides is 1. The number of anilines is 1. The Morgan fingerprint density at radius 3 is 2.79 bits per heavy atom. The molecule has 6 aromatic rings. The average molecular weight is 646 g/mol. The highest BCUT2D eigenvalue weighted by Gasteiger charge is 2.17. The van der Waals surface area contributed by atoms with Gasteiger partial charge in [-0.1, -0.05) is 45.7 Å². The first-order chi connectivity index (χ1) is 20.3. The lowest BCUT2D eigenvalue weighted by Gasteiger charge is -2.11. The molecule has 4 aromatic carbocycles. The van der Waals surface area contributed by atoms with Gasteiger partial charge in [-0.15, -0.1) is 0 Å². The molecule has 0 aliphatic carbocycles. The van der Waals surface area contributed by atoms with Crippen molar-refractivity contribution in [1.82, 2.24) is 9.66 Å². The summed E-state index contributed by atoms with van der Waals surface area (Å²) in [5.74, 6) is -0.138. The molecule has 11 heteroatoms. The number of aromatic nitrogens is 2. The van der Waals surface area contributed by atoms with Crippen LogP contribution in [0.2, 0.25) is 5.02 Å². The Morgan fingerprint density at radius 1 is 1.07 bits per heavy atom. The predicted molar refractivity (Wildman–Crippen MR) is 164 cm³/mol. The smallest absolute Gasteiger partial charge is 0.282 e. The number of nitrogens with zero attached hydrogens (tertiary/aromatic N) is 3. The third-order valence-corrected chi connectivity index (χ3v) is 6.93. The third kappa shape index (κ3) is 5.81. The number of carbonyl (C=O) groups is 1. The number of hydrogen-bond donors (Lipinski definition) is 1. The highest BCUT2D eigenvalue weighted by Crippen LogP contribution is 2.29. The molecule has 0 atom stereocenters. The lowest BCUT2D eigenvalue weighted by Crippen LogP contribution is -2.21. The van der Waals surface area contributed by atoms with Gasteiger partial charge in [-0.25, -0.2) is 9.37 Å². The predicted octanol–water partition coefficient (Wildman–Crippen LogP) is 7.26. The normalized spacial score (nSPS) is 11.4. The molecule has 6 rings (SSSR count). The van der Waals surface area contributed by atoms with Gasteiger partial charge in [-0.05, 0) is 72.8 Å². The van der Waals surface area contributed by atoms with Crippen molar-refractivity contribution >= 4 is 67.2 Å². The van der Waals surface area contributed by atoms with Gasteiger partial charge in [-0.3, -0.25) is 9.59 Å². The summed E-state index contributed by atoms with van der Waals surface area (Å²) in [5, 5.41) is 8.62. The Kier molecular flexibility index (Phi) is 7.56. The summed E-state index contributed by atoms with van der Waals surface area (Å²) in [6.45, 7) is -0.365. The lowest BCUT2D eigenvalue weighted by molar-refractivity contribution is -0.118.